The molecule has 1 aromatic heterocycles. The minimum absolute atomic E-state index is 0.0595. The number of aliphatic hydroxyl groups is 1. The molecule has 6 nitrogen and oxygen atoms in total. The van der Waals surface area contributed by atoms with Crippen LogP contribution in [0.4, 0.5) is 0 Å². The minimum atomic E-state index is -0.393. The Morgan fingerprint density at radius 2 is 2.26 bits per heavy atom. The summed E-state index contributed by atoms with van der Waals surface area (Å²) in [6.07, 6.45) is 2.48. The molecule has 2 aliphatic rings. The highest BCUT2D eigenvalue weighted by atomic mass is 16.5. The molecule has 0 bridgehead atoms. The van der Waals surface area contributed by atoms with Crippen LogP contribution in [-0.4, -0.2) is 32.8 Å². The predicted molar refractivity (Wildman–Crippen MR) is 81.2 cm³/mol. The summed E-state index contributed by atoms with van der Waals surface area (Å²) in [5, 5.41) is 23.2. The van der Waals surface area contributed by atoms with Crippen molar-refractivity contribution < 1.29 is 9.63 Å². The monoisotopic (exact) mass is 310 g/mol. The maximum absolute atomic E-state index is 10.1. The van der Waals surface area contributed by atoms with Gasteiger partial charge in [-0.25, -0.2) is 0 Å². The fraction of sp³-hybridized carbons (Fsp3) is 0.471. The van der Waals surface area contributed by atoms with Gasteiger partial charge in [-0.2, -0.15) is 10.2 Å². The van der Waals surface area contributed by atoms with Gasteiger partial charge in [-0.3, -0.25) is 4.90 Å². The molecule has 2 aromatic rings. The first kappa shape index (κ1) is 14.4. The zero-order valence-corrected chi connectivity index (χ0v) is 12.7. The van der Waals surface area contributed by atoms with Gasteiger partial charge >= 0.3 is 0 Å². The largest absolute Gasteiger partial charge is 0.392 e. The highest BCUT2D eigenvalue weighted by molar-refractivity contribution is 5.32. The predicted octanol–water partition coefficient (Wildman–Crippen LogP) is 2.13. The Kier molecular flexibility index (Phi) is 3.60. The summed E-state index contributed by atoms with van der Waals surface area (Å²) in [6, 6.07) is 9.64. The van der Waals surface area contributed by atoms with Gasteiger partial charge in [0.25, 0.3) is 0 Å². The average Bonchev–Trinajstić information content (AvgIpc) is 3.18. The first-order chi connectivity index (χ1) is 11.2. The van der Waals surface area contributed by atoms with Crippen LogP contribution in [0.25, 0.3) is 0 Å². The molecule has 2 heterocycles. The molecule has 1 aliphatic carbocycles. The Labute approximate surface area is 134 Å². The lowest BCUT2D eigenvalue weighted by Gasteiger charge is -2.21. The molecule has 1 saturated carbocycles. The molecular formula is C17H18N4O2. The van der Waals surface area contributed by atoms with Crippen LogP contribution in [0.15, 0.2) is 28.8 Å². The van der Waals surface area contributed by atoms with Gasteiger partial charge < -0.3 is 9.63 Å². The highest BCUT2D eigenvalue weighted by Gasteiger charge is 2.37. The number of nitriles is 1. The van der Waals surface area contributed by atoms with Crippen molar-refractivity contribution in [1.29, 1.82) is 5.26 Å². The van der Waals surface area contributed by atoms with Gasteiger partial charge in [-0.15, -0.1) is 0 Å². The first-order valence-corrected chi connectivity index (χ1v) is 7.97. The maximum atomic E-state index is 10.1. The van der Waals surface area contributed by atoms with Crippen molar-refractivity contribution in [2.45, 2.75) is 43.9 Å². The zero-order valence-electron chi connectivity index (χ0n) is 12.7. The lowest BCUT2D eigenvalue weighted by atomic mass is 10.1. The van der Waals surface area contributed by atoms with E-state index in [1.165, 1.54) is 0 Å². The summed E-state index contributed by atoms with van der Waals surface area (Å²) in [4.78, 5) is 6.68. The van der Waals surface area contributed by atoms with Crippen LogP contribution in [0.3, 0.4) is 0 Å². The Balaban J connectivity index is 1.54. The molecule has 2 atom stereocenters. The van der Waals surface area contributed by atoms with Gasteiger partial charge in [0.1, 0.15) is 0 Å². The number of aliphatic hydroxyl groups excluding tert-OH is 1. The Morgan fingerprint density at radius 3 is 3.04 bits per heavy atom. The second kappa shape index (κ2) is 5.76. The second-order valence-electron chi connectivity index (χ2n) is 6.41. The van der Waals surface area contributed by atoms with Crippen LogP contribution >= 0.6 is 0 Å². The number of hydrogen-bond donors (Lipinski definition) is 1. The summed E-state index contributed by atoms with van der Waals surface area (Å²) in [5.74, 6) is 1.85. The number of rotatable bonds is 4. The smallest absolute Gasteiger partial charge is 0.244 e. The van der Waals surface area contributed by atoms with Crippen LogP contribution < -0.4 is 0 Å². The number of aromatic nitrogens is 2. The van der Waals surface area contributed by atoms with Gasteiger partial charge in [-0.1, -0.05) is 17.3 Å². The third-order valence-corrected chi connectivity index (χ3v) is 4.51. The van der Waals surface area contributed by atoms with E-state index in [1.54, 1.807) is 6.07 Å². The molecule has 6 heteroatoms. The molecular weight excluding hydrogens is 292 g/mol. The molecule has 2 fully saturated rings. The molecule has 4 rings (SSSR count). The van der Waals surface area contributed by atoms with Gasteiger partial charge in [-0.05, 0) is 37.0 Å². The van der Waals surface area contributed by atoms with E-state index in [-0.39, 0.29) is 6.04 Å². The SMILES string of the molecule is N#Cc1cccc(CN2CC(O)CC2c2nc(C3CC3)no2)c1. The summed E-state index contributed by atoms with van der Waals surface area (Å²) >= 11 is 0. The van der Waals surface area contributed by atoms with Crippen molar-refractivity contribution in [3.63, 3.8) is 0 Å². The molecule has 0 radical (unpaired) electrons. The van der Waals surface area contributed by atoms with Crippen LogP contribution in [-0.2, 0) is 6.54 Å². The quantitative estimate of drug-likeness (QED) is 0.931. The van der Waals surface area contributed by atoms with E-state index in [2.05, 4.69) is 21.1 Å². The molecule has 0 spiro atoms. The Morgan fingerprint density at radius 1 is 1.39 bits per heavy atom. The summed E-state index contributed by atoms with van der Waals surface area (Å²) in [5.41, 5.74) is 1.69. The zero-order chi connectivity index (χ0) is 15.8. The van der Waals surface area contributed by atoms with Crippen LogP contribution in [0, 0.1) is 11.3 Å². The summed E-state index contributed by atoms with van der Waals surface area (Å²) in [7, 11) is 0. The fourth-order valence-electron chi connectivity index (χ4n) is 3.17. The van der Waals surface area contributed by atoms with Crippen molar-refractivity contribution >= 4 is 0 Å². The number of benzene rings is 1. The van der Waals surface area contributed by atoms with Gasteiger partial charge in [0.15, 0.2) is 5.82 Å². The topological polar surface area (TPSA) is 86.2 Å². The first-order valence-electron chi connectivity index (χ1n) is 7.97. The van der Waals surface area contributed by atoms with E-state index in [4.69, 9.17) is 9.78 Å². The van der Waals surface area contributed by atoms with Gasteiger partial charge in [0.05, 0.1) is 23.8 Å². The Bertz CT molecular complexity index is 747. The summed E-state index contributed by atoms with van der Waals surface area (Å²) < 4.78 is 5.44. The average molecular weight is 310 g/mol. The van der Waals surface area contributed by atoms with Crippen LogP contribution in [0.5, 0.6) is 0 Å². The Hall–Kier alpha value is -2.23. The molecule has 118 valence electrons. The fourth-order valence-corrected chi connectivity index (χ4v) is 3.17. The van der Waals surface area contributed by atoms with Gasteiger partial charge in [0, 0.05) is 19.0 Å². The van der Waals surface area contributed by atoms with E-state index in [1.807, 2.05) is 18.2 Å². The number of nitrogens with zero attached hydrogens (tertiary/aromatic N) is 4. The van der Waals surface area contributed by atoms with E-state index in [9.17, 15) is 5.11 Å². The minimum Gasteiger partial charge on any atom is -0.392 e. The molecule has 0 amide bonds. The number of β-amino-alcohol motifs (C(OH)–C–C–N with tert-alkyl or cyclic N) is 1. The standard InChI is InChI=1S/C17H18N4O2/c18-8-11-2-1-3-12(6-11)9-21-10-14(22)7-15(21)17-19-16(20-23-17)13-4-5-13/h1-3,6,13-15,22H,4-5,7,9-10H2. The van der Waals surface area contributed by atoms with E-state index >= 15 is 0 Å². The van der Waals surface area contributed by atoms with Crippen molar-refractivity contribution in [3.8, 4) is 6.07 Å². The van der Waals surface area contributed by atoms with Crippen molar-refractivity contribution in [3.05, 3.63) is 47.1 Å². The van der Waals surface area contributed by atoms with Crippen molar-refractivity contribution in [2.75, 3.05) is 6.54 Å². The second-order valence-corrected chi connectivity index (χ2v) is 6.41. The van der Waals surface area contributed by atoms with E-state index in [0.29, 0.717) is 36.9 Å². The maximum Gasteiger partial charge on any atom is 0.244 e. The van der Waals surface area contributed by atoms with Crippen molar-refractivity contribution in [1.82, 2.24) is 15.0 Å². The third kappa shape index (κ3) is 2.98. The molecule has 23 heavy (non-hydrogen) atoms. The van der Waals surface area contributed by atoms with Gasteiger partial charge in [0.2, 0.25) is 5.89 Å². The molecule has 1 saturated heterocycles. The van der Waals surface area contributed by atoms with E-state index in [0.717, 1.165) is 24.2 Å². The lowest BCUT2D eigenvalue weighted by Crippen LogP contribution is -2.24. The summed E-state index contributed by atoms with van der Waals surface area (Å²) in [6.45, 7) is 1.22. The molecule has 1 aliphatic heterocycles. The molecule has 1 N–H and O–H groups in total. The van der Waals surface area contributed by atoms with Crippen LogP contribution in [0.1, 0.15) is 54.1 Å². The number of likely N-dealkylation sites (tertiary alicyclic amines) is 1. The van der Waals surface area contributed by atoms with E-state index < -0.39 is 6.10 Å². The van der Waals surface area contributed by atoms with Crippen LogP contribution in [0.2, 0.25) is 0 Å². The normalized spacial score (nSPS) is 24.7. The third-order valence-electron chi connectivity index (χ3n) is 4.51. The molecule has 2 unspecified atom stereocenters. The lowest BCUT2D eigenvalue weighted by molar-refractivity contribution is 0.169. The highest BCUT2D eigenvalue weighted by Crippen LogP contribution is 2.40. The molecule has 1 aromatic carbocycles. The van der Waals surface area contributed by atoms with Crippen molar-refractivity contribution in [2.24, 2.45) is 0 Å². The number of hydrogen-bond acceptors (Lipinski definition) is 6.